The second-order valence-corrected chi connectivity index (χ2v) is 6.50. The molecular weight excluding hydrogens is 254 g/mol. The minimum atomic E-state index is 0.524. The van der Waals surface area contributed by atoms with Gasteiger partial charge in [0.2, 0.25) is 0 Å². The number of nitriles is 1. The molecule has 0 N–H and O–H groups in total. The van der Waals surface area contributed by atoms with Crippen molar-refractivity contribution in [1.82, 2.24) is 0 Å². The molecule has 0 aromatic carbocycles. The lowest BCUT2D eigenvalue weighted by molar-refractivity contribution is 0.550. The van der Waals surface area contributed by atoms with E-state index in [-0.39, 0.29) is 0 Å². The van der Waals surface area contributed by atoms with Gasteiger partial charge in [-0.05, 0) is 72.1 Å². The molecule has 0 aliphatic rings. The molecule has 1 unspecified atom stereocenters. The standard InChI is InChI=1S/C20H33N/c1-17(2)9-6-10-18(3)11-7-12-19(4)13-8-14-20(5)15-16-21/h9,11,13,20H,6-8,10,12,14-15H2,1-5H3. The van der Waals surface area contributed by atoms with Crippen LogP contribution in [-0.2, 0) is 0 Å². The van der Waals surface area contributed by atoms with Crippen molar-refractivity contribution in [3.05, 3.63) is 34.9 Å². The summed E-state index contributed by atoms with van der Waals surface area (Å²) in [6, 6.07) is 2.24. The number of rotatable bonds is 10. The van der Waals surface area contributed by atoms with Gasteiger partial charge >= 0.3 is 0 Å². The van der Waals surface area contributed by atoms with Crippen LogP contribution in [-0.4, -0.2) is 0 Å². The molecule has 1 heteroatoms. The summed E-state index contributed by atoms with van der Waals surface area (Å²) in [6.45, 7) is 10.9. The maximum absolute atomic E-state index is 8.63. The second kappa shape index (κ2) is 12.5. The van der Waals surface area contributed by atoms with Crippen LogP contribution in [0.5, 0.6) is 0 Å². The zero-order valence-corrected chi connectivity index (χ0v) is 14.7. The molecule has 0 saturated heterocycles. The highest BCUT2D eigenvalue weighted by atomic mass is 14.2. The third kappa shape index (κ3) is 13.4. The third-order valence-electron chi connectivity index (χ3n) is 3.71. The van der Waals surface area contributed by atoms with E-state index in [0.29, 0.717) is 12.3 Å². The summed E-state index contributed by atoms with van der Waals surface area (Å²) in [5.41, 5.74) is 4.39. The fourth-order valence-corrected chi connectivity index (χ4v) is 2.21. The summed E-state index contributed by atoms with van der Waals surface area (Å²) in [4.78, 5) is 0. The van der Waals surface area contributed by atoms with Gasteiger partial charge in [0, 0.05) is 6.42 Å². The Bertz CT molecular complexity index is 400. The fourth-order valence-electron chi connectivity index (χ4n) is 2.21. The monoisotopic (exact) mass is 287 g/mol. The van der Waals surface area contributed by atoms with Gasteiger partial charge < -0.3 is 0 Å². The molecule has 0 aliphatic carbocycles. The van der Waals surface area contributed by atoms with E-state index in [2.05, 4.69) is 58.9 Å². The summed E-state index contributed by atoms with van der Waals surface area (Å²) >= 11 is 0. The molecule has 21 heavy (non-hydrogen) atoms. The molecule has 0 saturated carbocycles. The molecule has 0 spiro atoms. The van der Waals surface area contributed by atoms with Crippen LogP contribution >= 0.6 is 0 Å². The van der Waals surface area contributed by atoms with E-state index in [1.165, 1.54) is 23.1 Å². The molecule has 0 bridgehead atoms. The summed E-state index contributed by atoms with van der Waals surface area (Å²) in [5.74, 6) is 0.524. The first-order chi connectivity index (χ1) is 9.95. The maximum Gasteiger partial charge on any atom is 0.0624 e. The van der Waals surface area contributed by atoms with Crippen molar-refractivity contribution in [3.63, 3.8) is 0 Å². The van der Waals surface area contributed by atoms with Gasteiger partial charge in [-0.25, -0.2) is 0 Å². The first-order valence-electron chi connectivity index (χ1n) is 8.27. The van der Waals surface area contributed by atoms with Gasteiger partial charge in [0.15, 0.2) is 0 Å². The average Bonchev–Trinajstić information content (AvgIpc) is 2.38. The second-order valence-electron chi connectivity index (χ2n) is 6.50. The maximum atomic E-state index is 8.63. The minimum absolute atomic E-state index is 0.524. The molecule has 0 rings (SSSR count). The van der Waals surface area contributed by atoms with Crippen molar-refractivity contribution in [2.45, 2.75) is 79.6 Å². The fraction of sp³-hybridized carbons (Fsp3) is 0.650. The highest BCUT2D eigenvalue weighted by molar-refractivity contribution is 5.05. The molecule has 0 radical (unpaired) electrons. The number of hydrogen-bond donors (Lipinski definition) is 0. The highest BCUT2D eigenvalue weighted by Gasteiger charge is 1.99. The van der Waals surface area contributed by atoms with Crippen LogP contribution in [0.4, 0.5) is 0 Å². The Labute approximate surface area is 132 Å². The lowest BCUT2D eigenvalue weighted by Gasteiger charge is -2.05. The SMILES string of the molecule is CC(C)=CCCC(C)=CCCC(C)=CCCC(C)CC#N. The van der Waals surface area contributed by atoms with Crippen LogP contribution in [0.1, 0.15) is 79.6 Å². The molecule has 0 aromatic heterocycles. The quantitative estimate of drug-likeness (QED) is 0.408. The first-order valence-corrected chi connectivity index (χ1v) is 8.27. The summed E-state index contributed by atoms with van der Waals surface area (Å²) in [7, 11) is 0. The predicted molar refractivity (Wildman–Crippen MR) is 94.0 cm³/mol. The summed E-state index contributed by atoms with van der Waals surface area (Å²) < 4.78 is 0. The number of hydrogen-bond acceptors (Lipinski definition) is 1. The van der Waals surface area contributed by atoms with Crippen molar-refractivity contribution in [1.29, 1.82) is 5.26 Å². The van der Waals surface area contributed by atoms with Crippen molar-refractivity contribution < 1.29 is 0 Å². The Kier molecular flexibility index (Phi) is 11.7. The van der Waals surface area contributed by atoms with Gasteiger partial charge in [-0.15, -0.1) is 0 Å². The molecule has 0 aromatic rings. The summed E-state index contributed by atoms with van der Waals surface area (Å²) in [6.07, 6.45) is 14.6. The number of nitrogens with zero attached hydrogens (tertiary/aromatic N) is 1. The van der Waals surface area contributed by atoms with Gasteiger partial charge in [0.05, 0.1) is 6.07 Å². The van der Waals surface area contributed by atoms with Crippen molar-refractivity contribution in [3.8, 4) is 6.07 Å². The minimum Gasteiger partial charge on any atom is -0.198 e. The van der Waals surface area contributed by atoms with E-state index >= 15 is 0 Å². The van der Waals surface area contributed by atoms with Crippen LogP contribution in [0, 0.1) is 17.2 Å². The zero-order valence-electron chi connectivity index (χ0n) is 14.7. The van der Waals surface area contributed by atoms with E-state index in [4.69, 9.17) is 5.26 Å². The Hall–Kier alpha value is -1.29. The van der Waals surface area contributed by atoms with E-state index in [1.54, 1.807) is 0 Å². The Morgan fingerprint density at radius 3 is 1.95 bits per heavy atom. The van der Waals surface area contributed by atoms with Gasteiger partial charge in [0.25, 0.3) is 0 Å². The summed E-state index contributed by atoms with van der Waals surface area (Å²) in [5, 5.41) is 8.63. The first kappa shape index (κ1) is 19.7. The van der Waals surface area contributed by atoms with Crippen LogP contribution in [0.25, 0.3) is 0 Å². The van der Waals surface area contributed by atoms with Crippen molar-refractivity contribution >= 4 is 0 Å². The average molecular weight is 287 g/mol. The van der Waals surface area contributed by atoms with E-state index in [1.807, 2.05) is 0 Å². The molecular formula is C20H33N. The van der Waals surface area contributed by atoms with Gasteiger partial charge in [0.1, 0.15) is 0 Å². The van der Waals surface area contributed by atoms with Crippen LogP contribution in [0.15, 0.2) is 34.9 Å². The molecule has 0 fully saturated rings. The van der Waals surface area contributed by atoms with Gasteiger partial charge in [-0.2, -0.15) is 5.26 Å². The lowest BCUT2D eigenvalue weighted by Crippen LogP contribution is -1.91. The smallest absolute Gasteiger partial charge is 0.0624 e. The molecule has 118 valence electrons. The molecule has 0 heterocycles. The highest BCUT2D eigenvalue weighted by Crippen LogP contribution is 2.14. The van der Waals surface area contributed by atoms with Gasteiger partial charge in [-0.3, -0.25) is 0 Å². The third-order valence-corrected chi connectivity index (χ3v) is 3.71. The van der Waals surface area contributed by atoms with E-state index in [9.17, 15) is 0 Å². The van der Waals surface area contributed by atoms with Gasteiger partial charge in [-0.1, -0.05) is 41.9 Å². The molecule has 1 atom stereocenters. The molecule has 0 amide bonds. The Morgan fingerprint density at radius 1 is 0.905 bits per heavy atom. The van der Waals surface area contributed by atoms with Crippen LogP contribution in [0.3, 0.4) is 0 Å². The Morgan fingerprint density at radius 2 is 1.43 bits per heavy atom. The molecule has 0 aliphatic heterocycles. The predicted octanol–water partition coefficient (Wildman–Crippen LogP) is 6.74. The van der Waals surface area contributed by atoms with Crippen molar-refractivity contribution in [2.75, 3.05) is 0 Å². The van der Waals surface area contributed by atoms with E-state index < -0.39 is 0 Å². The lowest BCUT2D eigenvalue weighted by atomic mass is 10.0. The molecule has 1 nitrogen and oxygen atoms in total. The largest absolute Gasteiger partial charge is 0.198 e. The van der Waals surface area contributed by atoms with Crippen molar-refractivity contribution in [2.24, 2.45) is 5.92 Å². The van der Waals surface area contributed by atoms with Crippen LogP contribution in [0.2, 0.25) is 0 Å². The van der Waals surface area contributed by atoms with Crippen LogP contribution < -0.4 is 0 Å². The van der Waals surface area contributed by atoms with E-state index in [0.717, 1.165) is 32.1 Å². The zero-order chi connectivity index (χ0) is 16.1. The normalized spacial score (nSPS) is 13.7. The topological polar surface area (TPSA) is 23.8 Å². The number of allylic oxidation sites excluding steroid dienone is 6. The Balaban J connectivity index is 3.88.